The number of aromatic amines is 1. The van der Waals surface area contributed by atoms with Gasteiger partial charge in [-0.25, -0.2) is 4.79 Å². The minimum atomic E-state index is -0.980. The van der Waals surface area contributed by atoms with Gasteiger partial charge in [-0.1, -0.05) is 91.0 Å². The Morgan fingerprint density at radius 3 is 2.04 bits per heavy atom. The van der Waals surface area contributed by atoms with Gasteiger partial charge in [-0.2, -0.15) is 0 Å². The molecule has 0 radical (unpaired) electrons. The molecule has 6 aromatic rings. The number of carboxylic acids is 1. The van der Waals surface area contributed by atoms with Gasteiger partial charge in [-0.05, 0) is 69.3 Å². The van der Waals surface area contributed by atoms with E-state index in [1.54, 1.807) is 36.4 Å². The molecule has 1 aliphatic rings. The maximum Gasteiger partial charge on any atom is 0.407 e. The number of fused-ring (bicyclic) bond motifs is 4. The van der Waals surface area contributed by atoms with E-state index in [0.29, 0.717) is 11.3 Å². The molecule has 0 aliphatic heterocycles. The quantitative estimate of drug-likeness (QED) is 0.0922. The Morgan fingerprint density at radius 2 is 1.37 bits per heavy atom. The molecule has 0 saturated carbocycles. The number of aromatic nitrogens is 1. The molecule has 1 aliphatic carbocycles. The number of H-pyrrole nitrogens is 1. The Hall–Kier alpha value is -6.68. The van der Waals surface area contributed by atoms with Crippen molar-refractivity contribution in [2.24, 2.45) is 0 Å². The third kappa shape index (κ3) is 7.41. The molecule has 0 saturated heterocycles. The van der Waals surface area contributed by atoms with Crippen molar-refractivity contribution < 1.29 is 29.0 Å². The zero-order valence-electron chi connectivity index (χ0n) is 28.1. The highest BCUT2D eigenvalue weighted by Gasteiger charge is 2.30. The highest BCUT2D eigenvalue weighted by atomic mass is 16.5. The molecule has 10 heteroatoms. The van der Waals surface area contributed by atoms with Crippen LogP contribution < -0.4 is 16.0 Å². The molecular weight excluding hydrogens is 656 g/mol. The van der Waals surface area contributed by atoms with E-state index in [1.807, 2.05) is 66.9 Å². The van der Waals surface area contributed by atoms with E-state index in [9.17, 15) is 19.2 Å². The van der Waals surface area contributed by atoms with E-state index in [0.717, 1.165) is 49.8 Å². The van der Waals surface area contributed by atoms with Crippen LogP contribution in [0.5, 0.6) is 0 Å². The number of alkyl carbamates (subject to hydrolysis) is 1. The fourth-order valence-electron chi connectivity index (χ4n) is 6.69. The second kappa shape index (κ2) is 15.1. The summed E-state index contributed by atoms with van der Waals surface area (Å²) in [7, 11) is 0. The maximum absolute atomic E-state index is 13.8. The number of hydrogen-bond acceptors (Lipinski definition) is 5. The van der Waals surface area contributed by atoms with E-state index in [4.69, 9.17) is 9.84 Å². The summed E-state index contributed by atoms with van der Waals surface area (Å²) in [4.78, 5) is 53.4. The summed E-state index contributed by atoms with van der Waals surface area (Å²) >= 11 is 0. The zero-order valence-corrected chi connectivity index (χ0v) is 28.1. The van der Waals surface area contributed by atoms with Crippen LogP contribution in [0, 0.1) is 0 Å². The van der Waals surface area contributed by atoms with Crippen LogP contribution in [0.4, 0.5) is 10.5 Å². The number of carboxylic acid groups (broad SMARTS) is 1. The van der Waals surface area contributed by atoms with Gasteiger partial charge in [0.25, 0.3) is 5.91 Å². The third-order valence-corrected chi connectivity index (χ3v) is 9.31. The third-order valence-electron chi connectivity index (χ3n) is 9.31. The highest BCUT2D eigenvalue weighted by Crippen LogP contribution is 2.44. The van der Waals surface area contributed by atoms with Crippen molar-refractivity contribution in [1.29, 1.82) is 0 Å². The predicted octanol–water partition coefficient (Wildman–Crippen LogP) is 7.13. The first-order chi connectivity index (χ1) is 25.3. The number of aliphatic carboxylic acids is 1. The molecule has 5 N–H and O–H groups in total. The molecular formula is C42H36N4O6. The summed E-state index contributed by atoms with van der Waals surface area (Å²) in [6.45, 7) is 0.173. The number of carbonyl (C=O) groups is 4. The number of rotatable bonds is 12. The van der Waals surface area contributed by atoms with Crippen LogP contribution in [-0.2, 0) is 20.7 Å². The molecule has 5 aromatic carbocycles. The van der Waals surface area contributed by atoms with Gasteiger partial charge in [-0.15, -0.1) is 0 Å². The Labute approximate surface area is 299 Å². The molecule has 0 bridgehead atoms. The van der Waals surface area contributed by atoms with Gasteiger partial charge in [0.15, 0.2) is 0 Å². The smallest absolute Gasteiger partial charge is 0.407 e. The van der Waals surface area contributed by atoms with Crippen LogP contribution in [0.3, 0.4) is 0 Å². The van der Waals surface area contributed by atoms with Crippen LogP contribution in [0.2, 0.25) is 0 Å². The van der Waals surface area contributed by atoms with Gasteiger partial charge in [0, 0.05) is 47.2 Å². The molecule has 10 nitrogen and oxygen atoms in total. The number of carbonyl (C=O) groups excluding carboxylic acids is 3. The van der Waals surface area contributed by atoms with Crippen LogP contribution in [-0.4, -0.2) is 53.2 Å². The van der Waals surface area contributed by atoms with E-state index < -0.39 is 24.0 Å². The number of hydrogen-bond donors (Lipinski definition) is 5. The minimum Gasteiger partial charge on any atom is -0.481 e. The molecule has 7 rings (SSSR count). The summed E-state index contributed by atoms with van der Waals surface area (Å²) in [5, 5.41) is 18.1. The van der Waals surface area contributed by atoms with Crippen LogP contribution >= 0.6 is 0 Å². The summed E-state index contributed by atoms with van der Waals surface area (Å²) in [6, 6.07) is 37.3. The number of amides is 3. The number of benzene rings is 5. The number of ether oxygens (including phenoxy) is 1. The molecule has 0 unspecified atom stereocenters. The van der Waals surface area contributed by atoms with Gasteiger partial charge in [0.2, 0.25) is 5.91 Å². The van der Waals surface area contributed by atoms with Crippen molar-refractivity contribution in [3.05, 3.63) is 150 Å². The predicted molar refractivity (Wildman–Crippen MR) is 199 cm³/mol. The largest absolute Gasteiger partial charge is 0.481 e. The van der Waals surface area contributed by atoms with Gasteiger partial charge in [-0.3, -0.25) is 14.4 Å². The molecule has 3 amide bonds. The molecule has 0 fully saturated rings. The maximum atomic E-state index is 13.8. The van der Waals surface area contributed by atoms with Gasteiger partial charge < -0.3 is 30.8 Å². The molecule has 0 spiro atoms. The summed E-state index contributed by atoms with van der Waals surface area (Å²) in [5.74, 6) is -1.84. The van der Waals surface area contributed by atoms with Crippen molar-refractivity contribution in [2.75, 3.05) is 18.5 Å². The zero-order chi connectivity index (χ0) is 36.0. The monoisotopic (exact) mass is 692 g/mol. The fraction of sp³-hybridized carbons (Fsp3) is 0.143. The van der Waals surface area contributed by atoms with Gasteiger partial charge >= 0.3 is 12.1 Å². The van der Waals surface area contributed by atoms with Crippen molar-refractivity contribution in [3.8, 4) is 22.3 Å². The Balaban J connectivity index is 1.03. The molecule has 1 heterocycles. The average Bonchev–Trinajstić information content (AvgIpc) is 3.72. The van der Waals surface area contributed by atoms with Crippen LogP contribution in [0.1, 0.15) is 39.4 Å². The van der Waals surface area contributed by atoms with E-state index in [-0.39, 0.29) is 37.8 Å². The highest BCUT2D eigenvalue weighted by molar-refractivity contribution is 5.98. The number of anilines is 1. The van der Waals surface area contributed by atoms with Crippen LogP contribution in [0.25, 0.3) is 33.2 Å². The topological polar surface area (TPSA) is 150 Å². The first kappa shape index (κ1) is 33.8. The van der Waals surface area contributed by atoms with Crippen molar-refractivity contribution in [3.63, 3.8) is 0 Å². The summed E-state index contributed by atoms with van der Waals surface area (Å²) < 4.78 is 5.81. The fourth-order valence-corrected chi connectivity index (χ4v) is 6.69. The van der Waals surface area contributed by atoms with E-state index >= 15 is 0 Å². The number of para-hydroxylation sites is 1. The lowest BCUT2D eigenvalue weighted by Gasteiger charge is -2.20. The minimum absolute atomic E-state index is 0.0486. The SMILES string of the molecule is O=C(O)CCNC(=O)c1ccc(-c2ccc(NC(=O)[C@H](Cc3c[nH]c4ccccc34)NC(=O)OCC3c4ccccc4-c4ccccc43)cc2)cc1. The number of nitrogens with one attached hydrogen (secondary N) is 4. The lowest BCUT2D eigenvalue weighted by atomic mass is 9.98. The molecule has 260 valence electrons. The standard InChI is InChI=1S/C42H36N4O6/c47-39(48)21-22-43-40(49)28-15-13-26(14-16-28)27-17-19-30(20-18-27)45-41(50)38(23-29-24-44-37-12-6-5-7-31(29)37)46-42(51)52-25-36-34-10-3-1-8-32(34)33-9-2-4-11-35(33)36/h1-20,24,36,38,44H,21-23,25H2,(H,43,49)(H,45,50)(H,46,51)(H,47,48)/t38-/m0/s1. The van der Waals surface area contributed by atoms with Crippen molar-refractivity contribution >= 4 is 40.5 Å². The average molecular weight is 693 g/mol. The molecule has 1 aromatic heterocycles. The lowest BCUT2D eigenvalue weighted by molar-refractivity contribution is -0.136. The lowest BCUT2D eigenvalue weighted by Crippen LogP contribution is -2.45. The summed E-state index contributed by atoms with van der Waals surface area (Å²) in [6.07, 6.45) is 1.25. The van der Waals surface area contributed by atoms with E-state index in [1.165, 1.54) is 0 Å². The molecule has 1 atom stereocenters. The normalized spacial score (nSPS) is 12.4. The first-order valence-electron chi connectivity index (χ1n) is 17.0. The second-order valence-electron chi connectivity index (χ2n) is 12.6. The Kier molecular flexibility index (Phi) is 9.79. The summed E-state index contributed by atoms with van der Waals surface area (Å²) in [5.41, 5.74) is 8.95. The van der Waals surface area contributed by atoms with Gasteiger partial charge in [0.1, 0.15) is 12.6 Å². The van der Waals surface area contributed by atoms with Gasteiger partial charge in [0.05, 0.1) is 6.42 Å². The Morgan fingerprint density at radius 1 is 0.750 bits per heavy atom. The molecule has 52 heavy (non-hydrogen) atoms. The second-order valence-corrected chi connectivity index (χ2v) is 12.6. The van der Waals surface area contributed by atoms with Crippen LogP contribution in [0.15, 0.2) is 128 Å². The first-order valence-corrected chi connectivity index (χ1v) is 17.0. The Bertz CT molecular complexity index is 2220. The van der Waals surface area contributed by atoms with E-state index in [2.05, 4.69) is 45.2 Å². The van der Waals surface area contributed by atoms with Crippen molar-refractivity contribution in [2.45, 2.75) is 24.8 Å². The van der Waals surface area contributed by atoms with Crippen molar-refractivity contribution in [1.82, 2.24) is 15.6 Å².